The summed E-state index contributed by atoms with van der Waals surface area (Å²) in [4.78, 5) is 35.3. The highest BCUT2D eigenvalue weighted by atomic mass is 16.2. The van der Waals surface area contributed by atoms with E-state index in [1.165, 1.54) is 4.90 Å². The third-order valence-electron chi connectivity index (χ3n) is 3.13. The van der Waals surface area contributed by atoms with Gasteiger partial charge in [-0.2, -0.15) is 0 Å². The second kappa shape index (κ2) is 4.13. The van der Waals surface area contributed by atoms with Crippen LogP contribution in [0.1, 0.15) is 27.9 Å². The van der Waals surface area contributed by atoms with Gasteiger partial charge in [0.25, 0.3) is 11.7 Å². The van der Waals surface area contributed by atoms with Crippen molar-refractivity contribution in [3.63, 3.8) is 0 Å². The summed E-state index contributed by atoms with van der Waals surface area (Å²) in [6.45, 7) is 4.08. The van der Waals surface area contributed by atoms with E-state index in [4.69, 9.17) is 0 Å². The number of carbonyl (C=O) groups excluding carboxylic acids is 3. The van der Waals surface area contributed by atoms with Gasteiger partial charge in [-0.05, 0) is 31.0 Å². The molecule has 0 N–H and O–H groups in total. The molecule has 0 bridgehead atoms. The van der Waals surface area contributed by atoms with Gasteiger partial charge in [-0.3, -0.25) is 9.59 Å². The van der Waals surface area contributed by atoms with Crippen LogP contribution in [0.4, 0.5) is 5.69 Å². The zero-order valence-corrected chi connectivity index (χ0v) is 9.82. The summed E-state index contributed by atoms with van der Waals surface area (Å²) < 4.78 is 0. The van der Waals surface area contributed by atoms with E-state index in [0.29, 0.717) is 11.3 Å². The number of aldehydes is 1. The van der Waals surface area contributed by atoms with E-state index in [-0.39, 0.29) is 13.0 Å². The molecule has 88 valence electrons. The average Bonchev–Trinajstić information content (AvgIpc) is 2.56. The molecule has 1 aliphatic heterocycles. The van der Waals surface area contributed by atoms with Crippen LogP contribution in [0.25, 0.3) is 0 Å². The van der Waals surface area contributed by atoms with Gasteiger partial charge in [-0.25, -0.2) is 0 Å². The van der Waals surface area contributed by atoms with Crippen LogP contribution in [0.3, 0.4) is 0 Å². The maximum atomic E-state index is 11.8. The molecule has 0 saturated carbocycles. The topological polar surface area (TPSA) is 54.5 Å². The summed E-state index contributed by atoms with van der Waals surface area (Å²) in [5.41, 5.74) is 3.07. The SMILES string of the molecule is Cc1ccc2c(c1C)N(CCC=O)C(=O)C2=O. The number of hydrogen-bond acceptors (Lipinski definition) is 3. The average molecular weight is 231 g/mol. The highest BCUT2D eigenvalue weighted by Gasteiger charge is 2.36. The number of carbonyl (C=O) groups is 3. The molecule has 0 spiro atoms. The number of Topliss-reactive ketones (excluding diaryl/α,β-unsaturated/α-hetero) is 1. The number of fused-ring (bicyclic) bond motifs is 1. The summed E-state index contributed by atoms with van der Waals surface area (Å²) in [5, 5.41) is 0. The number of aryl methyl sites for hydroxylation is 1. The van der Waals surface area contributed by atoms with Crippen molar-refractivity contribution in [2.24, 2.45) is 0 Å². The fourth-order valence-electron chi connectivity index (χ4n) is 2.07. The monoisotopic (exact) mass is 231 g/mol. The van der Waals surface area contributed by atoms with Crippen molar-refractivity contribution in [2.45, 2.75) is 20.3 Å². The van der Waals surface area contributed by atoms with Crippen LogP contribution in [0.5, 0.6) is 0 Å². The lowest BCUT2D eigenvalue weighted by Crippen LogP contribution is -2.31. The molecule has 17 heavy (non-hydrogen) atoms. The quantitative estimate of drug-likeness (QED) is 0.584. The first-order valence-electron chi connectivity index (χ1n) is 5.48. The van der Waals surface area contributed by atoms with Crippen molar-refractivity contribution in [2.75, 3.05) is 11.4 Å². The Hall–Kier alpha value is -1.97. The van der Waals surface area contributed by atoms with Crippen molar-refractivity contribution < 1.29 is 14.4 Å². The van der Waals surface area contributed by atoms with Gasteiger partial charge < -0.3 is 9.69 Å². The number of rotatable bonds is 3. The molecule has 4 nitrogen and oxygen atoms in total. The zero-order valence-electron chi connectivity index (χ0n) is 9.82. The van der Waals surface area contributed by atoms with Crippen LogP contribution in [-0.2, 0) is 9.59 Å². The van der Waals surface area contributed by atoms with Gasteiger partial charge in [0.15, 0.2) is 0 Å². The summed E-state index contributed by atoms with van der Waals surface area (Å²) in [7, 11) is 0. The minimum atomic E-state index is -0.532. The molecule has 0 unspecified atom stereocenters. The van der Waals surface area contributed by atoms with Crippen LogP contribution in [0.2, 0.25) is 0 Å². The molecule has 0 atom stereocenters. The van der Waals surface area contributed by atoms with Crippen molar-refractivity contribution in [1.29, 1.82) is 0 Å². The minimum absolute atomic E-state index is 0.242. The lowest BCUT2D eigenvalue weighted by Gasteiger charge is -2.18. The smallest absolute Gasteiger partial charge is 0.299 e. The number of hydrogen-bond donors (Lipinski definition) is 0. The molecular formula is C13H13NO3. The predicted molar refractivity (Wildman–Crippen MR) is 63.3 cm³/mol. The Morgan fingerprint density at radius 3 is 2.59 bits per heavy atom. The zero-order chi connectivity index (χ0) is 12.6. The highest BCUT2D eigenvalue weighted by molar-refractivity contribution is 6.52. The normalized spacial score (nSPS) is 14.1. The first-order chi connectivity index (χ1) is 8.07. The molecule has 2 rings (SSSR count). The minimum Gasteiger partial charge on any atom is -0.304 e. The van der Waals surface area contributed by atoms with Crippen molar-refractivity contribution >= 4 is 23.7 Å². The van der Waals surface area contributed by atoms with Crippen LogP contribution in [-0.4, -0.2) is 24.5 Å². The molecule has 0 saturated heterocycles. The molecule has 0 aromatic heterocycles. The molecule has 1 aliphatic rings. The fraction of sp³-hybridized carbons (Fsp3) is 0.308. The fourth-order valence-corrected chi connectivity index (χ4v) is 2.07. The van der Waals surface area contributed by atoms with E-state index in [2.05, 4.69) is 0 Å². The molecule has 0 aliphatic carbocycles. The molecule has 1 aromatic carbocycles. The van der Waals surface area contributed by atoms with Gasteiger partial charge in [0, 0.05) is 13.0 Å². The van der Waals surface area contributed by atoms with E-state index in [1.54, 1.807) is 6.07 Å². The summed E-state index contributed by atoms with van der Waals surface area (Å²) in [5.74, 6) is -1.01. The van der Waals surface area contributed by atoms with E-state index >= 15 is 0 Å². The number of ketones is 1. The van der Waals surface area contributed by atoms with Gasteiger partial charge >= 0.3 is 0 Å². The summed E-state index contributed by atoms with van der Waals surface area (Å²) in [6.07, 6.45) is 0.993. The number of amides is 1. The third kappa shape index (κ3) is 1.65. The van der Waals surface area contributed by atoms with E-state index in [1.807, 2.05) is 19.9 Å². The lowest BCUT2D eigenvalue weighted by atomic mass is 10.0. The van der Waals surface area contributed by atoms with E-state index < -0.39 is 11.7 Å². The molecule has 1 aromatic rings. The van der Waals surface area contributed by atoms with Crippen LogP contribution in [0.15, 0.2) is 12.1 Å². The number of nitrogens with zero attached hydrogens (tertiary/aromatic N) is 1. The molecule has 1 amide bonds. The maximum Gasteiger partial charge on any atom is 0.299 e. The van der Waals surface area contributed by atoms with Crippen LogP contribution >= 0.6 is 0 Å². The third-order valence-corrected chi connectivity index (χ3v) is 3.13. The Morgan fingerprint density at radius 2 is 1.94 bits per heavy atom. The van der Waals surface area contributed by atoms with Crippen molar-refractivity contribution in [1.82, 2.24) is 0 Å². The Labute approximate surface area is 99.2 Å². The van der Waals surface area contributed by atoms with Crippen LogP contribution in [0, 0.1) is 13.8 Å². The Balaban J connectivity index is 2.53. The van der Waals surface area contributed by atoms with Crippen molar-refractivity contribution in [3.05, 3.63) is 28.8 Å². The number of anilines is 1. The van der Waals surface area contributed by atoms with Gasteiger partial charge in [-0.1, -0.05) is 6.07 Å². The number of benzene rings is 1. The molecule has 0 fully saturated rings. The largest absolute Gasteiger partial charge is 0.304 e. The summed E-state index contributed by atoms with van der Waals surface area (Å²) >= 11 is 0. The first-order valence-corrected chi connectivity index (χ1v) is 5.48. The summed E-state index contributed by atoms with van der Waals surface area (Å²) in [6, 6.07) is 3.52. The van der Waals surface area contributed by atoms with Gasteiger partial charge in [0.05, 0.1) is 11.3 Å². The Bertz CT molecular complexity index is 520. The van der Waals surface area contributed by atoms with E-state index in [9.17, 15) is 14.4 Å². The second-order valence-electron chi connectivity index (χ2n) is 4.14. The first kappa shape index (κ1) is 11.5. The van der Waals surface area contributed by atoms with E-state index in [0.717, 1.165) is 17.4 Å². The van der Waals surface area contributed by atoms with Gasteiger partial charge in [0.1, 0.15) is 6.29 Å². The van der Waals surface area contributed by atoms with Gasteiger partial charge in [-0.15, -0.1) is 0 Å². The molecule has 1 heterocycles. The molecule has 4 heteroatoms. The lowest BCUT2D eigenvalue weighted by molar-refractivity contribution is -0.114. The molecule has 0 radical (unpaired) electrons. The van der Waals surface area contributed by atoms with Crippen molar-refractivity contribution in [3.8, 4) is 0 Å². The Morgan fingerprint density at radius 1 is 1.24 bits per heavy atom. The predicted octanol–water partition coefficient (Wildman–Crippen LogP) is 1.42. The van der Waals surface area contributed by atoms with Gasteiger partial charge in [0.2, 0.25) is 0 Å². The second-order valence-corrected chi connectivity index (χ2v) is 4.14. The molecular weight excluding hydrogens is 218 g/mol. The standard InChI is InChI=1S/C13H13NO3/c1-8-4-5-10-11(9(8)2)14(6-3-7-15)13(17)12(10)16/h4-5,7H,3,6H2,1-2H3. The highest BCUT2D eigenvalue weighted by Crippen LogP contribution is 2.33. The maximum absolute atomic E-state index is 11.8. The van der Waals surface area contributed by atoms with Crippen LogP contribution < -0.4 is 4.90 Å². The Kier molecular flexibility index (Phi) is 2.79.